The number of anilines is 1. The van der Waals surface area contributed by atoms with Gasteiger partial charge in [0, 0.05) is 37.9 Å². The molecule has 4 rings (SSSR count). The molecule has 126 valence electrons. The van der Waals surface area contributed by atoms with E-state index in [4.69, 9.17) is 5.26 Å². The Labute approximate surface area is 147 Å². The number of nitriles is 1. The van der Waals surface area contributed by atoms with Gasteiger partial charge >= 0.3 is 0 Å². The summed E-state index contributed by atoms with van der Waals surface area (Å²) in [4.78, 5) is 21.2. The minimum Gasteiger partial charge on any atom is -0.353 e. The summed E-state index contributed by atoms with van der Waals surface area (Å²) >= 11 is 0. The zero-order valence-corrected chi connectivity index (χ0v) is 14.1. The van der Waals surface area contributed by atoms with Crippen LogP contribution in [-0.2, 0) is 12.8 Å². The molecule has 0 saturated carbocycles. The molecule has 1 fully saturated rings. The zero-order valence-electron chi connectivity index (χ0n) is 14.1. The number of pyridine rings is 1. The fourth-order valence-corrected chi connectivity index (χ4v) is 3.67. The number of benzene rings is 1. The summed E-state index contributed by atoms with van der Waals surface area (Å²) in [6.45, 7) is 2.90. The fraction of sp³-hybridized carbons (Fsp3) is 0.350. The van der Waals surface area contributed by atoms with E-state index in [-0.39, 0.29) is 5.91 Å². The van der Waals surface area contributed by atoms with Crippen LogP contribution in [0.5, 0.6) is 0 Å². The summed E-state index contributed by atoms with van der Waals surface area (Å²) in [6, 6.07) is 11.9. The number of hydrogen-bond donors (Lipinski definition) is 0. The summed E-state index contributed by atoms with van der Waals surface area (Å²) < 4.78 is 0. The predicted molar refractivity (Wildman–Crippen MR) is 95.5 cm³/mol. The molecule has 2 heterocycles. The molecule has 0 unspecified atom stereocenters. The maximum atomic E-state index is 12.8. The first-order valence-electron chi connectivity index (χ1n) is 8.77. The van der Waals surface area contributed by atoms with Gasteiger partial charge in [-0.1, -0.05) is 6.07 Å². The molecule has 1 aliphatic carbocycles. The Bertz CT molecular complexity index is 830. The normalized spacial score (nSPS) is 16.4. The molecule has 0 bridgehead atoms. The van der Waals surface area contributed by atoms with Crippen molar-refractivity contribution in [1.29, 1.82) is 5.26 Å². The van der Waals surface area contributed by atoms with Crippen molar-refractivity contribution in [3.8, 4) is 6.07 Å². The van der Waals surface area contributed by atoms with Gasteiger partial charge in [0.25, 0.3) is 5.91 Å². The lowest BCUT2D eigenvalue weighted by Gasteiger charge is -2.35. The van der Waals surface area contributed by atoms with Gasteiger partial charge in [-0.05, 0) is 54.7 Å². The molecule has 0 radical (unpaired) electrons. The van der Waals surface area contributed by atoms with Gasteiger partial charge in [0.15, 0.2) is 0 Å². The third kappa shape index (κ3) is 3.08. The number of aryl methyl sites for hydroxylation is 2. The lowest BCUT2D eigenvalue weighted by molar-refractivity contribution is 0.0746. The molecule has 0 atom stereocenters. The van der Waals surface area contributed by atoms with Gasteiger partial charge in [0.1, 0.15) is 11.9 Å². The Morgan fingerprint density at radius 1 is 1.04 bits per heavy atom. The molecule has 2 aliphatic rings. The topological polar surface area (TPSA) is 60.2 Å². The number of rotatable bonds is 2. The number of piperazine rings is 1. The van der Waals surface area contributed by atoms with Crippen LogP contribution in [0.25, 0.3) is 0 Å². The molecule has 5 heteroatoms. The van der Waals surface area contributed by atoms with Crippen molar-refractivity contribution >= 4 is 11.7 Å². The first-order chi connectivity index (χ1) is 12.2. The van der Waals surface area contributed by atoms with E-state index >= 15 is 0 Å². The molecule has 1 aliphatic heterocycles. The largest absolute Gasteiger partial charge is 0.353 e. The molecule has 1 amide bonds. The molecular formula is C20H20N4O. The highest BCUT2D eigenvalue weighted by atomic mass is 16.2. The monoisotopic (exact) mass is 332 g/mol. The lowest BCUT2D eigenvalue weighted by atomic mass is 10.1. The van der Waals surface area contributed by atoms with Gasteiger partial charge in [-0.25, -0.2) is 4.98 Å². The van der Waals surface area contributed by atoms with Crippen molar-refractivity contribution < 1.29 is 4.79 Å². The van der Waals surface area contributed by atoms with Crippen LogP contribution in [0.2, 0.25) is 0 Å². The summed E-state index contributed by atoms with van der Waals surface area (Å²) in [5.74, 6) is 0.991. The van der Waals surface area contributed by atoms with Crippen molar-refractivity contribution in [3.63, 3.8) is 0 Å². The highest BCUT2D eigenvalue weighted by Gasteiger charge is 2.24. The van der Waals surface area contributed by atoms with E-state index in [9.17, 15) is 4.79 Å². The quantitative estimate of drug-likeness (QED) is 0.847. The Hall–Kier alpha value is -2.87. The molecule has 0 spiro atoms. The summed E-state index contributed by atoms with van der Waals surface area (Å²) in [6.07, 6.45) is 5.02. The van der Waals surface area contributed by atoms with Crippen LogP contribution in [0.3, 0.4) is 0 Å². The van der Waals surface area contributed by atoms with Crippen molar-refractivity contribution in [2.45, 2.75) is 19.3 Å². The van der Waals surface area contributed by atoms with Gasteiger partial charge in [-0.15, -0.1) is 0 Å². The lowest BCUT2D eigenvalue weighted by Crippen LogP contribution is -2.49. The van der Waals surface area contributed by atoms with Gasteiger partial charge in [0.05, 0.1) is 5.56 Å². The Balaban J connectivity index is 1.41. The Morgan fingerprint density at radius 2 is 1.84 bits per heavy atom. The number of fused-ring (bicyclic) bond motifs is 1. The molecule has 1 aromatic heterocycles. The Morgan fingerprint density at radius 3 is 2.56 bits per heavy atom. The number of aromatic nitrogens is 1. The van der Waals surface area contributed by atoms with E-state index in [1.165, 1.54) is 17.5 Å². The predicted octanol–water partition coefficient (Wildman–Crippen LogP) is 2.40. The van der Waals surface area contributed by atoms with Crippen LogP contribution < -0.4 is 4.90 Å². The van der Waals surface area contributed by atoms with Crippen molar-refractivity contribution in [2.24, 2.45) is 0 Å². The van der Waals surface area contributed by atoms with Crippen LogP contribution in [0.1, 0.15) is 33.5 Å². The molecule has 1 aromatic carbocycles. The highest BCUT2D eigenvalue weighted by Crippen LogP contribution is 2.24. The highest BCUT2D eigenvalue weighted by molar-refractivity contribution is 5.94. The second kappa shape index (κ2) is 6.56. The van der Waals surface area contributed by atoms with E-state index in [1.54, 1.807) is 12.3 Å². The molecule has 2 aromatic rings. The van der Waals surface area contributed by atoms with Crippen molar-refractivity contribution in [2.75, 3.05) is 31.1 Å². The van der Waals surface area contributed by atoms with Crippen molar-refractivity contribution in [3.05, 3.63) is 58.8 Å². The molecule has 25 heavy (non-hydrogen) atoms. The van der Waals surface area contributed by atoms with Crippen LogP contribution in [0, 0.1) is 11.3 Å². The molecule has 0 N–H and O–H groups in total. The number of nitrogens with zero attached hydrogens (tertiary/aromatic N) is 4. The van der Waals surface area contributed by atoms with Crippen LogP contribution in [0.15, 0.2) is 36.5 Å². The van der Waals surface area contributed by atoms with E-state index in [1.807, 2.05) is 17.0 Å². The summed E-state index contributed by atoms with van der Waals surface area (Å²) in [5, 5.41) is 8.85. The fourth-order valence-electron chi connectivity index (χ4n) is 3.67. The minimum absolute atomic E-state index is 0.127. The number of carbonyl (C=O) groups excluding carboxylic acids is 1. The third-order valence-corrected chi connectivity index (χ3v) is 5.11. The summed E-state index contributed by atoms with van der Waals surface area (Å²) in [7, 11) is 0. The smallest absolute Gasteiger partial charge is 0.253 e. The Kier molecular flexibility index (Phi) is 4.10. The zero-order chi connectivity index (χ0) is 17.2. The van der Waals surface area contributed by atoms with E-state index < -0.39 is 0 Å². The standard InChI is InChI=1S/C20H20N4O/c21-13-15-4-7-19(22-14-15)23-8-10-24(11-9-23)20(25)18-6-5-16-2-1-3-17(16)12-18/h4-7,12,14H,1-3,8-11H2. The van der Waals surface area contributed by atoms with E-state index in [2.05, 4.69) is 28.1 Å². The maximum absolute atomic E-state index is 12.8. The second-order valence-corrected chi connectivity index (χ2v) is 6.63. The average molecular weight is 332 g/mol. The van der Waals surface area contributed by atoms with E-state index in [0.29, 0.717) is 18.7 Å². The second-order valence-electron chi connectivity index (χ2n) is 6.63. The maximum Gasteiger partial charge on any atom is 0.253 e. The first kappa shape index (κ1) is 15.6. The third-order valence-electron chi connectivity index (χ3n) is 5.11. The molecule has 5 nitrogen and oxygen atoms in total. The van der Waals surface area contributed by atoms with Gasteiger partial charge in [0.2, 0.25) is 0 Å². The first-order valence-corrected chi connectivity index (χ1v) is 8.77. The van der Waals surface area contributed by atoms with E-state index in [0.717, 1.165) is 37.3 Å². The van der Waals surface area contributed by atoms with Crippen LogP contribution in [-0.4, -0.2) is 42.0 Å². The summed E-state index contributed by atoms with van der Waals surface area (Å²) in [5.41, 5.74) is 4.11. The number of hydrogen-bond acceptors (Lipinski definition) is 4. The van der Waals surface area contributed by atoms with Crippen LogP contribution >= 0.6 is 0 Å². The minimum atomic E-state index is 0.127. The average Bonchev–Trinajstić information content (AvgIpc) is 3.15. The van der Waals surface area contributed by atoms with Crippen molar-refractivity contribution in [1.82, 2.24) is 9.88 Å². The molecular weight excluding hydrogens is 312 g/mol. The van der Waals surface area contributed by atoms with Crippen LogP contribution in [0.4, 0.5) is 5.82 Å². The SMILES string of the molecule is N#Cc1ccc(N2CCN(C(=O)c3ccc4c(c3)CCC4)CC2)nc1. The van der Waals surface area contributed by atoms with Gasteiger partial charge < -0.3 is 9.80 Å². The van der Waals surface area contributed by atoms with Gasteiger partial charge in [-0.2, -0.15) is 5.26 Å². The van der Waals surface area contributed by atoms with Gasteiger partial charge in [-0.3, -0.25) is 4.79 Å². The number of carbonyl (C=O) groups is 1. The number of amides is 1. The molecule has 1 saturated heterocycles.